The lowest BCUT2D eigenvalue weighted by atomic mass is 10.0. The highest BCUT2D eigenvalue weighted by Gasteiger charge is 2.47. The fourth-order valence-corrected chi connectivity index (χ4v) is 5.96. The first kappa shape index (κ1) is 19.1. The van der Waals surface area contributed by atoms with Gasteiger partial charge in [0, 0.05) is 14.3 Å². The van der Waals surface area contributed by atoms with Crippen LogP contribution >= 0.6 is 90.4 Å². The largest absolute Gasteiger partial charge is 0.480 e. The van der Waals surface area contributed by atoms with Crippen molar-refractivity contribution < 1.29 is 19.5 Å². The lowest BCUT2D eigenvalue weighted by Gasteiger charge is -2.25. The number of benzene rings is 1. The van der Waals surface area contributed by atoms with Gasteiger partial charge in [-0.05, 0) is 96.3 Å². The predicted molar refractivity (Wildman–Crippen MR) is 114 cm³/mol. The lowest BCUT2D eigenvalue weighted by molar-refractivity contribution is -0.143. The number of aliphatic carboxylic acids is 1. The van der Waals surface area contributed by atoms with Gasteiger partial charge in [-0.25, -0.2) is 4.79 Å². The van der Waals surface area contributed by atoms with Crippen LogP contribution in [-0.2, 0) is 4.79 Å². The maximum absolute atomic E-state index is 12.7. The van der Waals surface area contributed by atoms with E-state index in [1.54, 1.807) is 13.8 Å². The minimum absolute atomic E-state index is 0.326. The molecule has 0 aliphatic carbocycles. The van der Waals surface area contributed by atoms with Crippen LogP contribution < -0.4 is 0 Å². The molecule has 2 rings (SSSR count). The zero-order chi connectivity index (χ0) is 16.9. The summed E-state index contributed by atoms with van der Waals surface area (Å²) in [6.07, 6.45) is 0. The maximum Gasteiger partial charge on any atom is 0.327 e. The molecule has 1 unspecified atom stereocenters. The van der Waals surface area contributed by atoms with Crippen LogP contribution in [0.5, 0.6) is 0 Å². The van der Waals surface area contributed by atoms with Gasteiger partial charge in [0.05, 0.1) is 11.1 Å². The van der Waals surface area contributed by atoms with Crippen molar-refractivity contribution in [2.75, 3.05) is 0 Å². The molecule has 118 valence electrons. The Morgan fingerprint density at radius 1 is 0.909 bits per heavy atom. The van der Waals surface area contributed by atoms with Crippen molar-refractivity contribution >= 4 is 108 Å². The van der Waals surface area contributed by atoms with Gasteiger partial charge in [0.2, 0.25) is 0 Å². The zero-order valence-corrected chi connectivity index (χ0v) is 19.9. The van der Waals surface area contributed by atoms with E-state index in [0.717, 1.165) is 12.0 Å². The summed E-state index contributed by atoms with van der Waals surface area (Å²) >= 11 is 8.36. The summed E-state index contributed by atoms with van der Waals surface area (Å²) in [6, 6.07) is -1.16. The van der Waals surface area contributed by atoms with Crippen molar-refractivity contribution in [1.82, 2.24) is 4.90 Å². The highest BCUT2D eigenvalue weighted by molar-refractivity contribution is 14.1. The number of carboxylic acids is 1. The molecule has 0 saturated heterocycles. The number of rotatable bonds is 3. The molecule has 0 bridgehead atoms. The molecular weight excluding hydrogens is 742 g/mol. The number of fused-ring (bicyclic) bond motifs is 1. The zero-order valence-electron chi connectivity index (χ0n) is 11.3. The summed E-state index contributed by atoms with van der Waals surface area (Å²) in [4.78, 5) is 37.9. The van der Waals surface area contributed by atoms with Crippen molar-refractivity contribution in [3.63, 3.8) is 0 Å². The summed E-state index contributed by atoms with van der Waals surface area (Å²) < 4.78 is 3.21. The summed E-state index contributed by atoms with van der Waals surface area (Å²) in [5, 5.41) is 9.41. The third-order valence-corrected chi connectivity index (χ3v) is 10.7. The van der Waals surface area contributed by atoms with Gasteiger partial charge in [0.15, 0.2) is 0 Å². The molecule has 1 aliphatic heterocycles. The topological polar surface area (TPSA) is 74.7 Å². The van der Waals surface area contributed by atoms with E-state index in [2.05, 4.69) is 45.2 Å². The molecule has 0 spiro atoms. The Morgan fingerprint density at radius 2 is 1.27 bits per heavy atom. The molecule has 0 saturated carbocycles. The van der Waals surface area contributed by atoms with Crippen molar-refractivity contribution in [3.8, 4) is 0 Å². The van der Waals surface area contributed by atoms with Crippen LogP contribution in [0.1, 0.15) is 34.6 Å². The van der Waals surface area contributed by atoms with Gasteiger partial charge in [0.25, 0.3) is 11.8 Å². The van der Waals surface area contributed by atoms with E-state index in [4.69, 9.17) is 0 Å². The first-order chi connectivity index (χ1) is 10.1. The van der Waals surface area contributed by atoms with E-state index >= 15 is 0 Å². The van der Waals surface area contributed by atoms with Crippen LogP contribution in [0, 0.1) is 20.2 Å². The Labute approximate surface area is 181 Å². The van der Waals surface area contributed by atoms with E-state index in [9.17, 15) is 19.5 Å². The molecule has 1 aromatic carbocycles. The maximum atomic E-state index is 12.7. The molecule has 0 radical (unpaired) electrons. The number of hydrogen-bond donors (Lipinski definition) is 1. The van der Waals surface area contributed by atoms with E-state index in [-0.39, 0.29) is 5.92 Å². The van der Waals surface area contributed by atoms with Crippen molar-refractivity contribution in [1.29, 1.82) is 0 Å². The number of imide groups is 1. The Kier molecular flexibility index (Phi) is 6.01. The lowest BCUT2D eigenvalue weighted by Crippen LogP contribution is -2.48. The minimum atomic E-state index is -1.17. The summed E-state index contributed by atoms with van der Waals surface area (Å²) in [5.41, 5.74) is 0.651. The first-order valence-corrected chi connectivity index (χ1v) is 10.4. The SMILES string of the molecule is CC(C)C(C(=O)O)N1C(=O)c2c(I)c(I)c(I)c(I)c2C1=O. The van der Waals surface area contributed by atoms with Gasteiger partial charge in [-0.2, -0.15) is 0 Å². The molecular formula is C13H9I4NO4. The monoisotopic (exact) mass is 751 g/mol. The Balaban J connectivity index is 2.71. The number of carbonyl (C=O) groups is 3. The van der Waals surface area contributed by atoms with Gasteiger partial charge in [-0.3, -0.25) is 14.5 Å². The predicted octanol–water partition coefficient (Wildman–Crippen LogP) is 3.81. The third kappa shape index (κ3) is 2.91. The molecule has 0 fully saturated rings. The molecule has 1 heterocycles. The Bertz CT molecular complexity index is 670. The first-order valence-electron chi connectivity index (χ1n) is 6.07. The Morgan fingerprint density at radius 3 is 1.55 bits per heavy atom. The molecule has 22 heavy (non-hydrogen) atoms. The molecule has 2 amide bonds. The molecule has 5 nitrogen and oxygen atoms in total. The summed E-state index contributed by atoms with van der Waals surface area (Å²) in [6.45, 7) is 3.37. The summed E-state index contributed by atoms with van der Waals surface area (Å²) in [7, 11) is 0. The van der Waals surface area contributed by atoms with Gasteiger partial charge in [-0.1, -0.05) is 13.8 Å². The van der Waals surface area contributed by atoms with Gasteiger partial charge in [-0.15, -0.1) is 0 Å². The molecule has 1 aliphatic rings. The van der Waals surface area contributed by atoms with Crippen molar-refractivity contribution in [3.05, 3.63) is 25.4 Å². The average molecular weight is 751 g/mol. The number of carboxylic acid groups (broad SMARTS) is 1. The van der Waals surface area contributed by atoms with Crippen LogP contribution in [0.25, 0.3) is 0 Å². The second-order valence-electron chi connectivity index (χ2n) is 5.01. The van der Waals surface area contributed by atoms with Crippen LogP contribution in [0.15, 0.2) is 0 Å². The van der Waals surface area contributed by atoms with E-state index in [0.29, 0.717) is 18.3 Å². The minimum Gasteiger partial charge on any atom is -0.480 e. The van der Waals surface area contributed by atoms with E-state index in [1.165, 1.54) is 0 Å². The van der Waals surface area contributed by atoms with Crippen LogP contribution in [0.3, 0.4) is 0 Å². The highest BCUT2D eigenvalue weighted by Crippen LogP contribution is 2.38. The average Bonchev–Trinajstić information content (AvgIpc) is 2.67. The number of carbonyl (C=O) groups excluding carboxylic acids is 2. The fraction of sp³-hybridized carbons (Fsp3) is 0.308. The second-order valence-corrected chi connectivity index (χ2v) is 9.33. The number of hydrogen-bond acceptors (Lipinski definition) is 3. The van der Waals surface area contributed by atoms with E-state index < -0.39 is 23.8 Å². The number of amides is 2. The van der Waals surface area contributed by atoms with Gasteiger partial charge < -0.3 is 5.11 Å². The highest BCUT2D eigenvalue weighted by atomic mass is 127. The van der Waals surface area contributed by atoms with E-state index in [1.807, 2.05) is 45.2 Å². The van der Waals surface area contributed by atoms with Crippen LogP contribution in [0.2, 0.25) is 0 Å². The standard InChI is InChI=1S/C13H9I4NO4/c1-3(2)10(13(21)22)18-11(19)4-5(12(18)20)7(15)9(17)8(16)6(4)14/h3,10H,1-2H3,(H,21,22). The molecule has 1 atom stereocenters. The fourth-order valence-electron chi connectivity index (χ4n) is 2.31. The molecule has 1 N–H and O–H groups in total. The van der Waals surface area contributed by atoms with Gasteiger partial charge >= 0.3 is 5.97 Å². The third-order valence-electron chi connectivity index (χ3n) is 3.30. The van der Waals surface area contributed by atoms with Crippen LogP contribution in [0.4, 0.5) is 0 Å². The van der Waals surface area contributed by atoms with Crippen molar-refractivity contribution in [2.45, 2.75) is 19.9 Å². The normalized spacial score (nSPS) is 15.5. The number of halogens is 4. The summed E-state index contributed by atoms with van der Waals surface area (Å²) in [5.74, 6) is -2.57. The van der Waals surface area contributed by atoms with Gasteiger partial charge in [0.1, 0.15) is 6.04 Å². The quantitative estimate of drug-likeness (QED) is 0.221. The smallest absolute Gasteiger partial charge is 0.327 e. The van der Waals surface area contributed by atoms with Crippen LogP contribution in [-0.4, -0.2) is 33.8 Å². The molecule has 1 aromatic rings. The Hall–Kier alpha value is 0.750. The second kappa shape index (κ2) is 6.93. The molecule has 9 heteroatoms. The number of nitrogens with zero attached hydrogens (tertiary/aromatic N) is 1. The van der Waals surface area contributed by atoms with Crippen molar-refractivity contribution in [2.24, 2.45) is 5.92 Å². The molecule has 0 aromatic heterocycles.